The number of rotatable bonds is 3. The van der Waals surface area contributed by atoms with E-state index in [-0.39, 0.29) is 5.91 Å². The lowest BCUT2D eigenvalue weighted by atomic mass is 10.2. The van der Waals surface area contributed by atoms with Crippen LogP contribution in [0, 0.1) is 0 Å². The Hall–Kier alpha value is -1.82. The molecule has 6 heteroatoms. The molecule has 1 amide bonds. The van der Waals surface area contributed by atoms with Gasteiger partial charge in [-0.1, -0.05) is 0 Å². The molecule has 0 saturated carbocycles. The Kier molecular flexibility index (Phi) is 3.99. The van der Waals surface area contributed by atoms with Crippen LogP contribution >= 0.6 is 0 Å². The van der Waals surface area contributed by atoms with Crippen LogP contribution in [0.1, 0.15) is 6.42 Å². The molecule has 98 valence electrons. The first-order chi connectivity index (χ1) is 8.72. The Bertz CT molecular complexity index is 415. The standard InChI is InChI=1S/C12H19N5O/c13-3-1-12(18)17-7-5-16(6-8-17)11-2-4-15-9-10(11)14/h2,4,9H,1,3,5-8,13-14H2. The molecule has 0 radical (unpaired) electrons. The van der Waals surface area contributed by atoms with Crippen molar-refractivity contribution in [1.29, 1.82) is 0 Å². The van der Waals surface area contributed by atoms with Gasteiger partial charge in [0.2, 0.25) is 5.91 Å². The predicted octanol–water partition coefficient (Wildman–Crippen LogP) is -0.339. The van der Waals surface area contributed by atoms with E-state index in [1.807, 2.05) is 11.0 Å². The van der Waals surface area contributed by atoms with Gasteiger partial charge in [-0.2, -0.15) is 0 Å². The normalized spacial score (nSPS) is 15.8. The van der Waals surface area contributed by atoms with Gasteiger partial charge in [-0.25, -0.2) is 0 Å². The number of hydrogen-bond donors (Lipinski definition) is 2. The van der Waals surface area contributed by atoms with Crippen LogP contribution in [0.25, 0.3) is 0 Å². The largest absolute Gasteiger partial charge is 0.396 e. The highest BCUT2D eigenvalue weighted by atomic mass is 16.2. The van der Waals surface area contributed by atoms with Gasteiger partial charge < -0.3 is 21.3 Å². The van der Waals surface area contributed by atoms with Crippen molar-refractivity contribution in [1.82, 2.24) is 9.88 Å². The molecule has 0 aromatic carbocycles. The number of aromatic nitrogens is 1. The van der Waals surface area contributed by atoms with Crippen LogP contribution in [0.3, 0.4) is 0 Å². The van der Waals surface area contributed by atoms with E-state index in [1.165, 1.54) is 0 Å². The molecule has 4 N–H and O–H groups in total. The molecule has 2 rings (SSSR count). The van der Waals surface area contributed by atoms with Crippen LogP contribution in [-0.2, 0) is 4.79 Å². The van der Waals surface area contributed by atoms with Gasteiger partial charge >= 0.3 is 0 Å². The Morgan fingerprint density at radius 2 is 2.06 bits per heavy atom. The molecule has 6 nitrogen and oxygen atoms in total. The zero-order valence-corrected chi connectivity index (χ0v) is 10.4. The summed E-state index contributed by atoms with van der Waals surface area (Å²) in [5.41, 5.74) is 13.0. The van der Waals surface area contributed by atoms with Crippen LogP contribution in [0.4, 0.5) is 11.4 Å². The summed E-state index contributed by atoms with van der Waals surface area (Å²) in [4.78, 5) is 19.7. The highest BCUT2D eigenvalue weighted by molar-refractivity contribution is 5.77. The van der Waals surface area contributed by atoms with E-state index < -0.39 is 0 Å². The lowest BCUT2D eigenvalue weighted by Gasteiger charge is -2.36. The molecule has 1 aliphatic rings. The summed E-state index contributed by atoms with van der Waals surface area (Å²) in [6.45, 7) is 3.45. The first-order valence-corrected chi connectivity index (χ1v) is 6.14. The fraction of sp³-hybridized carbons (Fsp3) is 0.500. The number of carbonyl (C=O) groups excluding carboxylic acids is 1. The van der Waals surface area contributed by atoms with Crippen LogP contribution < -0.4 is 16.4 Å². The molecule has 2 heterocycles. The smallest absolute Gasteiger partial charge is 0.223 e. The minimum absolute atomic E-state index is 0.139. The second kappa shape index (κ2) is 5.68. The van der Waals surface area contributed by atoms with E-state index in [0.717, 1.165) is 31.9 Å². The molecule has 1 aromatic rings. The van der Waals surface area contributed by atoms with Gasteiger partial charge in [0.15, 0.2) is 0 Å². The zero-order chi connectivity index (χ0) is 13.0. The summed E-state index contributed by atoms with van der Waals surface area (Å²) in [6, 6.07) is 1.91. The number of amides is 1. The van der Waals surface area contributed by atoms with Gasteiger partial charge in [0, 0.05) is 45.3 Å². The number of nitrogens with two attached hydrogens (primary N) is 2. The second-order valence-electron chi connectivity index (χ2n) is 4.34. The van der Waals surface area contributed by atoms with Crippen molar-refractivity contribution >= 4 is 17.3 Å². The summed E-state index contributed by atoms with van der Waals surface area (Å²) >= 11 is 0. The van der Waals surface area contributed by atoms with Crippen molar-refractivity contribution in [2.75, 3.05) is 43.4 Å². The second-order valence-corrected chi connectivity index (χ2v) is 4.34. The van der Waals surface area contributed by atoms with Gasteiger partial charge in [0.05, 0.1) is 17.6 Å². The number of nitrogen functional groups attached to an aromatic ring is 1. The highest BCUT2D eigenvalue weighted by Crippen LogP contribution is 2.22. The zero-order valence-electron chi connectivity index (χ0n) is 10.4. The molecule has 0 unspecified atom stereocenters. The molecule has 18 heavy (non-hydrogen) atoms. The molecule has 0 aliphatic carbocycles. The van der Waals surface area contributed by atoms with Crippen molar-refractivity contribution in [3.8, 4) is 0 Å². The predicted molar refractivity (Wildman–Crippen MR) is 71.1 cm³/mol. The summed E-state index contributed by atoms with van der Waals surface area (Å²) in [7, 11) is 0. The Balaban J connectivity index is 1.95. The number of pyridine rings is 1. The molecule has 1 saturated heterocycles. The Morgan fingerprint density at radius 3 is 2.67 bits per heavy atom. The van der Waals surface area contributed by atoms with Crippen molar-refractivity contribution in [3.63, 3.8) is 0 Å². The van der Waals surface area contributed by atoms with E-state index in [9.17, 15) is 4.79 Å². The summed E-state index contributed by atoms with van der Waals surface area (Å²) in [5, 5.41) is 0. The lowest BCUT2D eigenvalue weighted by Crippen LogP contribution is -2.49. The van der Waals surface area contributed by atoms with Gasteiger partial charge in [-0.15, -0.1) is 0 Å². The van der Waals surface area contributed by atoms with E-state index in [2.05, 4.69) is 9.88 Å². The van der Waals surface area contributed by atoms with Crippen molar-refractivity contribution in [2.24, 2.45) is 5.73 Å². The summed E-state index contributed by atoms with van der Waals surface area (Å²) in [5.74, 6) is 0.139. The van der Waals surface area contributed by atoms with E-state index >= 15 is 0 Å². The molecule has 0 atom stereocenters. The van der Waals surface area contributed by atoms with Gasteiger partial charge in [-0.3, -0.25) is 9.78 Å². The third-order valence-electron chi connectivity index (χ3n) is 3.16. The number of piperazine rings is 1. The van der Waals surface area contributed by atoms with E-state index in [4.69, 9.17) is 11.5 Å². The van der Waals surface area contributed by atoms with Crippen LogP contribution in [0.15, 0.2) is 18.5 Å². The monoisotopic (exact) mass is 249 g/mol. The maximum Gasteiger partial charge on any atom is 0.223 e. The van der Waals surface area contributed by atoms with Crippen molar-refractivity contribution < 1.29 is 4.79 Å². The van der Waals surface area contributed by atoms with Gasteiger partial charge in [0.1, 0.15) is 0 Å². The number of carbonyl (C=O) groups is 1. The van der Waals surface area contributed by atoms with Crippen molar-refractivity contribution in [3.05, 3.63) is 18.5 Å². The van der Waals surface area contributed by atoms with E-state index in [1.54, 1.807) is 12.4 Å². The van der Waals surface area contributed by atoms with Gasteiger partial charge in [-0.05, 0) is 6.07 Å². The summed E-state index contributed by atoms with van der Waals surface area (Å²) < 4.78 is 0. The lowest BCUT2D eigenvalue weighted by molar-refractivity contribution is -0.131. The van der Waals surface area contributed by atoms with Crippen LogP contribution in [0.5, 0.6) is 0 Å². The third-order valence-corrected chi connectivity index (χ3v) is 3.16. The Labute approximate surface area is 107 Å². The van der Waals surface area contributed by atoms with E-state index in [0.29, 0.717) is 18.7 Å². The highest BCUT2D eigenvalue weighted by Gasteiger charge is 2.21. The molecule has 0 bridgehead atoms. The average Bonchev–Trinajstić information content (AvgIpc) is 2.40. The topological polar surface area (TPSA) is 88.5 Å². The molecular formula is C12H19N5O. The fourth-order valence-corrected chi connectivity index (χ4v) is 2.17. The maximum absolute atomic E-state index is 11.7. The molecule has 1 aromatic heterocycles. The maximum atomic E-state index is 11.7. The molecule has 0 spiro atoms. The van der Waals surface area contributed by atoms with Gasteiger partial charge in [0.25, 0.3) is 0 Å². The average molecular weight is 249 g/mol. The van der Waals surface area contributed by atoms with Crippen molar-refractivity contribution in [2.45, 2.75) is 6.42 Å². The number of nitrogens with zero attached hydrogens (tertiary/aromatic N) is 3. The molecule has 1 aliphatic heterocycles. The first-order valence-electron chi connectivity index (χ1n) is 6.14. The first kappa shape index (κ1) is 12.6. The minimum Gasteiger partial charge on any atom is -0.396 e. The fourth-order valence-electron chi connectivity index (χ4n) is 2.17. The Morgan fingerprint density at radius 1 is 1.33 bits per heavy atom. The molecule has 1 fully saturated rings. The minimum atomic E-state index is 0.139. The SMILES string of the molecule is NCCC(=O)N1CCN(c2ccncc2N)CC1. The number of anilines is 2. The molecular weight excluding hydrogens is 230 g/mol. The summed E-state index contributed by atoms with van der Waals surface area (Å²) in [6.07, 6.45) is 3.82. The van der Waals surface area contributed by atoms with Crippen LogP contribution in [-0.4, -0.2) is 48.5 Å². The quantitative estimate of drug-likeness (QED) is 0.765. The third kappa shape index (κ3) is 2.70. The van der Waals surface area contributed by atoms with Crippen LogP contribution in [0.2, 0.25) is 0 Å². The number of hydrogen-bond acceptors (Lipinski definition) is 5.